The Labute approximate surface area is 104 Å². The molecule has 0 fully saturated rings. The molecule has 0 spiro atoms. The topological polar surface area (TPSA) is 58.2 Å². The van der Waals surface area contributed by atoms with Crippen molar-refractivity contribution in [3.63, 3.8) is 0 Å². The molecule has 0 radical (unpaired) electrons. The first-order chi connectivity index (χ1) is 7.52. The van der Waals surface area contributed by atoms with E-state index < -0.39 is 10.0 Å². The zero-order valence-corrected chi connectivity index (χ0v) is 12.1. The highest BCUT2D eigenvalue weighted by Gasteiger charge is 2.11. The fraction of sp³-hybridized carbons (Fsp3) is 1.00. The van der Waals surface area contributed by atoms with E-state index in [4.69, 9.17) is 0 Å². The first-order valence-corrected chi connectivity index (χ1v) is 8.73. The lowest BCUT2D eigenvalue weighted by Gasteiger charge is -2.11. The minimum Gasteiger partial charge on any atom is -0.316 e. The van der Waals surface area contributed by atoms with Crippen LogP contribution in [0.2, 0.25) is 0 Å². The lowest BCUT2D eigenvalue weighted by atomic mass is 10.2. The van der Waals surface area contributed by atoms with Crippen LogP contribution in [0.4, 0.5) is 0 Å². The number of hydrogen-bond donors (Lipinski definition) is 2. The molecule has 0 heterocycles. The summed E-state index contributed by atoms with van der Waals surface area (Å²) in [7, 11) is -3.10. The van der Waals surface area contributed by atoms with Gasteiger partial charge in [-0.3, -0.25) is 0 Å². The van der Waals surface area contributed by atoms with Crippen LogP contribution in [-0.2, 0) is 10.0 Å². The minimum atomic E-state index is -3.10. The fourth-order valence-corrected chi connectivity index (χ4v) is 2.98. The van der Waals surface area contributed by atoms with Crippen LogP contribution in [0.1, 0.15) is 20.3 Å². The first kappa shape index (κ1) is 16.2. The Morgan fingerprint density at radius 1 is 1.31 bits per heavy atom. The Hall–Kier alpha value is 0.220. The molecule has 1 atom stereocenters. The van der Waals surface area contributed by atoms with Gasteiger partial charge in [-0.25, -0.2) is 13.1 Å². The van der Waals surface area contributed by atoms with Crippen molar-refractivity contribution in [2.45, 2.75) is 20.3 Å². The molecule has 0 aromatic heterocycles. The predicted octanol–water partition coefficient (Wildman–Crippen LogP) is 0.905. The molecule has 0 aliphatic heterocycles. The van der Waals surface area contributed by atoms with Crippen LogP contribution in [0.25, 0.3) is 0 Å². The summed E-state index contributed by atoms with van der Waals surface area (Å²) in [5.41, 5.74) is 0. The van der Waals surface area contributed by atoms with Crippen molar-refractivity contribution in [2.75, 3.05) is 37.4 Å². The number of rotatable bonds is 10. The molecule has 98 valence electrons. The van der Waals surface area contributed by atoms with Gasteiger partial charge in [0.05, 0.1) is 5.75 Å². The normalized spacial score (nSPS) is 13.9. The summed E-state index contributed by atoms with van der Waals surface area (Å²) >= 11 is 1.74. The zero-order valence-electron chi connectivity index (χ0n) is 10.5. The molecule has 0 amide bonds. The summed E-state index contributed by atoms with van der Waals surface area (Å²) in [6, 6.07) is 0. The maximum atomic E-state index is 11.5. The average Bonchev–Trinajstić information content (AvgIpc) is 2.22. The molecular formula is C10H24N2O2S2. The molecule has 2 N–H and O–H groups in total. The van der Waals surface area contributed by atoms with Crippen molar-refractivity contribution in [2.24, 2.45) is 5.92 Å². The van der Waals surface area contributed by atoms with Crippen LogP contribution in [-0.4, -0.2) is 45.8 Å². The van der Waals surface area contributed by atoms with Crippen LogP contribution in [0.15, 0.2) is 0 Å². The highest BCUT2D eigenvalue weighted by Crippen LogP contribution is 2.03. The zero-order chi connectivity index (χ0) is 12.4. The predicted molar refractivity (Wildman–Crippen MR) is 72.5 cm³/mol. The maximum absolute atomic E-state index is 11.5. The standard InChI is InChI=1S/C10H24N2O2S2/c1-4-5-11-6-7-16(13,14)12-8-10(2)9-15-3/h10-12H,4-9H2,1-3H3. The molecule has 0 aliphatic rings. The van der Waals surface area contributed by atoms with Crippen LogP contribution in [0.3, 0.4) is 0 Å². The first-order valence-electron chi connectivity index (χ1n) is 5.68. The van der Waals surface area contributed by atoms with Gasteiger partial charge in [-0.05, 0) is 30.9 Å². The molecule has 0 rings (SSSR count). The van der Waals surface area contributed by atoms with E-state index in [0.717, 1.165) is 18.7 Å². The number of nitrogens with one attached hydrogen (secondary N) is 2. The van der Waals surface area contributed by atoms with E-state index >= 15 is 0 Å². The SMILES string of the molecule is CCCNCCS(=O)(=O)NCC(C)CSC. The molecule has 1 unspecified atom stereocenters. The van der Waals surface area contributed by atoms with Gasteiger partial charge in [-0.2, -0.15) is 11.8 Å². The van der Waals surface area contributed by atoms with Gasteiger partial charge in [0.15, 0.2) is 0 Å². The Kier molecular flexibility index (Phi) is 9.40. The average molecular weight is 268 g/mol. The summed E-state index contributed by atoms with van der Waals surface area (Å²) in [5, 5.41) is 3.08. The van der Waals surface area contributed by atoms with E-state index in [-0.39, 0.29) is 5.75 Å². The van der Waals surface area contributed by atoms with E-state index in [9.17, 15) is 8.42 Å². The third kappa shape index (κ3) is 9.45. The number of sulfonamides is 1. The highest BCUT2D eigenvalue weighted by molar-refractivity contribution is 7.98. The van der Waals surface area contributed by atoms with Gasteiger partial charge in [0.25, 0.3) is 0 Å². The Morgan fingerprint density at radius 3 is 2.56 bits per heavy atom. The molecule has 0 saturated heterocycles. The van der Waals surface area contributed by atoms with Gasteiger partial charge in [0.2, 0.25) is 10.0 Å². The van der Waals surface area contributed by atoms with Gasteiger partial charge in [-0.15, -0.1) is 0 Å². The van der Waals surface area contributed by atoms with E-state index in [1.807, 2.05) is 13.2 Å². The number of hydrogen-bond acceptors (Lipinski definition) is 4. The highest BCUT2D eigenvalue weighted by atomic mass is 32.2. The molecule has 0 aromatic carbocycles. The van der Waals surface area contributed by atoms with Crippen molar-refractivity contribution in [1.29, 1.82) is 0 Å². The van der Waals surface area contributed by atoms with Crippen molar-refractivity contribution in [3.8, 4) is 0 Å². The molecule has 16 heavy (non-hydrogen) atoms. The molecule has 0 saturated carbocycles. The summed E-state index contributed by atoms with van der Waals surface area (Å²) in [6.45, 7) is 6.05. The third-order valence-corrected chi connectivity index (χ3v) is 4.33. The molecular weight excluding hydrogens is 244 g/mol. The lowest BCUT2D eigenvalue weighted by molar-refractivity contribution is 0.558. The second-order valence-electron chi connectivity index (χ2n) is 3.98. The Morgan fingerprint density at radius 2 is 2.00 bits per heavy atom. The minimum absolute atomic E-state index is 0.166. The second-order valence-corrected chi connectivity index (χ2v) is 6.81. The van der Waals surface area contributed by atoms with E-state index in [1.54, 1.807) is 11.8 Å². The van der Waals surface area contributed by atoms with E-state index in [0.29, 0.717) is 19.0 Å². The van der Waals surface area contributed by atoms with Gasteiger partial charge in [-0.1, -0.05) is 13.8 Å². The smallest absolute Gasteiger partial charge is 0.212 e. The Bertz CT molecular complexity index is 256. The third-order valence-electron chi connectivity index (χ3n) is 2.08. The van der Waals surface area contributed by atoms with Crippen LogP contribution < -0.4 is 10.0 Å². The summed E-state index contributed by atoms with van der Waals surface area (Å²) in [4.78, 5) is 0. The molecule has 6 heteroatoms. The quantitative estimate of drug-likeness (QED) is 0.578. The van der Waals surface area contributed by atoms with Crippen LogP contribution in [0.5, 0.6) is 0 Å². The Balaban J connectivity index is 3.70. The summed E-state index contributed by atoms with van der Waals surface area (Å²) in [6.07, 6.45) is 3.05. The van der Waals surface area contributed by atoms with Gasteiger partial charge >= 0.3 is 0 Å². The molecule has 0 aromatic rings. The van der Waals surface area contributed by atoms with Gasteiger partial charge < -0.3 is 5.32 Å². The van der Waals surface area contributed by atoms with Crippen molar-refractivity contribution in [1.82, 2.24) is 10.0 Å². The second kappa shape index (κ2) is 9.27. The maximum Gasteiger partial charge on any atom is 0.212 e. The molecule has 0 aliphatic carbocycles. The summed E-state index contributed by atoms with van der Waals surface area (Å²) in [5.74, 6) is 1.53. The van der Waals surface area contributed by atoms with Gasteiger partial charge in [0, 0.05) is 13.1 Å². The van der Waals surface area contributed by atoms with Crippen molar-refractivity contribution >= 4 is 21.8 Å². The van der Waals surface area contributed by atoms with E-state index in [2.05, 4.69) is 17.0 Å². The fourth-order valence-electron chi connectivity index (χ4n) is 1.19. The van der Waals surface area contributed by atoms with Crippen molar-refractivity contribution < 1.29 is 8.42 Å². The van der Waals surface area contributed by atoms with Crippen LogP contribution in [0, 0.1) is 5.92 Å². The van der Waals surface area contributed by atoms with Crippen LogP contribution >= 0.6 is 11.8 Å². The number of thioether (sulfide) groups is 1. The monoisotopic (exact) mass is 268 g/mol. The van der Waals surface area contributed by atoms with Crippen molar-refractivity contribution in [3.05, 3.63) is 0 Å². The largest absolute Gasteiger partial charge is 0.316 e. The summed E-state index contributed by atoms with van der Waals surface area (Å²) < 4.78 is 25.7. The van der Waals surface area contributed by atoms with Gasteiger partial charge in [0.1, 0.15) is 0 Å². The molecule has 0 bridgehead atoms. The van der Waals surface area contributed by atoms with E-state index in [1.165, 1.54) is 0 Å². The lowest BCUT2D eigenvalue weighted by Crippen LogP contribution is -2.35. The molecule has 4 nitrogen and oxygen atoms in total.